The SMILES string of the molecule is Cc1cc(C)c2c3c(ccc2c1)C1C=CC3O1. The number of hydrogen-bond donors (Lipinski definition) is 0. The molecule has 17 heavy (non-hydrogen) atoms. The first-order valence-electron chi connectivity index (χ1n) is 6.11. The molecule has 4 rings (SSSR count). The predicted molar refractivity (Wildman–Crippen MR) is 69.1 cm³/mol. The molecule has 2 bridgehead atoms. The van der Waals surface area contributed by atoms with E-state index >= 15 is 0 Å². The van der Waals surface area contributed by atoms with Crippen molar-refractivity contribution in [1.29, 1.82) is 0 Å². The van der Waals surface area contributed by atoms with Gasteiger partial charge in [-0.1, -0.05) is 42.0 Å². The second kappa shape index (κ2) is 2.99. The highest BCUT2D eigenvalue weighted by molar-refractivity contribution is 5.91. The van der Waals surface area contributed by atoms with E-state index in [2.05, 4.69) is 50.3 Å². The molecule has 2 aliphatic rings. The van der Waals surface area contributed by atoms with Crippen LogP contribution < -0.4 is 0 Å². The number of rotatable bonds is 0. The van der Waals surface area contributed by atoms with Gasteiger partial charge in [0.15, 0.2) is 0 Å². The largest absolute Gasteiger partial charge is 0.357 e. The molecule has 0 saturated heterocycles. The minimum absolute atomic E-state index is 0.181. The van der Waals surface area contributed by atoms with E-state index in [0.29, 0.717) is 0 Å². The third-order valence-electron chi connectivity index (χ3n) is 3.88. The summed E-state index contributed by atoms with van der Waals surface area (Å²) in [7, 11) is 0. The summed E-state index contributed by atoms with van der Waals surface area (Å²) < 4.78 is 5.92. The van der Waals surface area contributed by atoms with Crippen LogP contribution in [0.15, 0.2) is 36.4 Å². The Bertz CT molecular complexity index is 667. The summed E-state index contributed by atoms with van der Waals surface area (Å²) in [5.41, 5.74) is 5.44. The van der Waals surface area contributed by atoms with Crippen LogP contribution in [-0.2, 0) is 4.74 Å². The molecular formula is C16H14O. The maximum Gasteiger partial charge on any atom is 0.103 e. The Morgan fingerprint density at radius 1 is 1.00 bits per heavy atom. The van der Waals surface area contributed by atoms with E-state index in [0.717, 1.165) is 0 Å². The van der Waals surface area contributed by atoms with E-state index in [-0.39, 0.29) is 12.2 Å². The summed E-state index contributed by atoms with van der Waals surface area (Å²) in [4.78, 5) is 0. The molecule has 2 aromatic carbocycles. The van der Waals surface area contributed by atoms with Gasteiger partial charge in [-0.15, -0.1) is 0 Å². The van der Waals surface area contributed by atoms with Crippen LogP contribution in [0.3, 0.4) is 0 Å². The van der Waals surface area contributed by atoms with E-state index in [1.165, 1.54) is 33.0 Å². The van der Waals surface area contributed by atoms with Crippen molar-refractivity contribution in [2.45, 2.75) is 26.1 Å². The number of aryl methyl sites for hydroxylation is 2. The minimum atomic E-state index is 0.181. The van der Waals surface area contributed by atoms with Crippen LogP contribution in [0.4, 0.5) is 0 Å². The summed E-state index contributed by atoms with van der Waals surface area (Å²) in [6.45, 7) is 4.35. The number of benzene rings is 2. The Balaban J connectivity index is 2.15. The van der Waals surface area contributed by atoms with Gasteiger partial charge in [0.2, 0.25) is 0 Å². The molecule has 0 saturated carbocycles. The van der Waals surface area contributed by atoms with Crippen LogP contribution >= 0.6 is 0 Å². The first-order chi connectivity index (χ1) is 8.24. The van der Waals surface area contributed by atoms with Gasteiger partial charge in [0.05, 0.1) is 0 Å². The summed E-state index contributed by atoms with van der Waals surface area (Å²) in [5, 5.41) is 2.73. The molecule has 84 valence electrons. The lowest BCUT2D eigenvalue weighted by atomic mass is 9.89. The molecule has 0 radical (unpaired) electrons. The van der Waals surface area contributed by atoms with Gasteiger partial charge in [-0.2, -0.15) is 0 Å². The lowest BCUT2D eigenvalue weighted by molar-refractivity contribution is 0.0883. The predicted octanol–water partition coefficient (Wildman–Crippen LogP) is 4.14. The molecule has 2 aromatic rings. The molecule has 0 N–H and O–H groups in total. The van der Waals surface area contributed by atoms with E-state index in [1.807, 2.05) is 0 Å². The Morgan fingerprint density at radius 2 is 1.82 bits per heavy atom. The molecule has 0 aromatic heterocycles. The van der Waals surface area contributed by atoms with E-state index < -0.39 is 0 Å². The molecule has 0 aliphatic carbocycles. The van der Waals surface area contributed by atoms with Crippen LogP contribution in [0.1, 0.15) is 34.5 Å². The fourth-order valence-corrected chi connectivity index (χ4v) is 3.26. The zero-order valence-corrected chi connectivity index (χ0v) is 10.0. The summed E-state index contributed by atoms with van der Waals surface area (Å²) in [5.74, 6) is 0. The molecule has 2 atom stereocenters. The third kappa shape index (κ3) is 1.12. The second-order valence-corrected chi connectivity index (χ2v) is 5.11. The molecule has 2 unspecified atom stereocenters. The van der Waals surface area contributed by atoms with Crippen LogP contribution in [0.2, 0.25) is 0 Å². The second-order valence-electron chi connectivity index (χ2n) is 5.11. The van der Waals surface area contributed by atoms with Crippen LogP contribution in [0.25, 0.3) is 10.8 Å². The van der Waals surface area contributed by atoms with E-state index in [9.17, 15) is 0 Å². The van der Waals surface area contributed by atoms with Gasteiger partial charge in [-0.3, -0.25) is 0 Å². The Morgan fingerprint density at radius 3 is 2.71 bits per heavy atom. The molecule has 0 fully saturated rings. The first-order valence-corrected chi connectivity index (χ1v) is 6.11. The van der Waals surface area contributed by atoms with Crippen molar-refractivity contribution < 1.29 is 4.74 Å². The van der Waals surface area contributed by atoms with Crippen molar-refractivity contribution in [1.82, 2.24) is 0 Å². The highest BCUT2D eigenvalue weighted by Gasteiger charge is 2.35. The Kier molecular flexibility index (Phi) is 1.66. The fraction of sp³-hybridized carbons (Fsp3) is 0.250. The lowest BCUT2D eigenvalue weighted by Crippen LogP contribution is -1.96. The maximum absolute atomic E-state index is 5.92. The van der Waals surface area contributed by atoms with Crippen molar-refractivity contribution >= 4 is 10.8 Å². The quantitative estimate of drug-likeness (QED) is 0.609. The van der Waals surface area contributed by atoms with Gasteiger partial charge < -0.3 is 4.74 Å². The van der Waals surface area contributed by atoms with Crippen LogP contribution in [0, 0.1) is 13.8 Å². The number of hydrogen-bond acceptors (Lipinski definition) is 1. The molecular weight excluding hydrogens is 208 g/mol. The zero-order valence-electron chi connectivity index (χ0n) is 10.0. The third-order valence-corrected chi connectivity index (χ3v) is 3.88. The van der Waals surface area contributed by atoms with Gasteiger partial charge in [0.25, 0.3) is 0 Å². The zero-order chi connectivity index (χ0) is 11.6. The minimum Gasteiger partial charge on any atom is -0.357 e. The molecule has 0 amide bonds. The average molecular weight is 222 g/mol. The van der Waals surface area contributed by atoms with Crippen molar-refractivity contribution in [3.8, 4) is 0 Å². The van der Waals surface area contributed by atoms with Crippen molar-refractivity contribution in [2.24, 2.45) is 0 Å². The molecule has 2 aliphatic heterocycles. The maximum atomic E-state index is 5.92. The molecule has 2 heterocycles. The van der Waals surface area contributed by atoms with Gasteiger partial charge in [0, 0.05) is 0 Å². The molecule has 1 nitrogen and oxygen atoms in total. The Hall–Kier alpha value is -1.60. The Labute approximate surface area is 101 Å². The van der Waals surface area contributed by atoms with Gasteiger partial charge >= 0.3 is 0 Å². The number of ether oxygens (including phenoxy) is 1. The van der Waals surface area contributed by atoms with Gasteiger partial charge in [-0.05, 0) is 41.3 Å². The molecule has 0 spiro atoms. The van der Waals surface area contributed by atoms with E-state index in [4.69, 9.17) is 4.74 Å². The van der Waals surface area contributed by atoms with Gasteiger partial charge in [-0.25, -0.2) is 0 Å². The summed E-state index contributed by atoms with van der Waals surface area (Å²) in [6, 6.07) is 8.98. The van der Waals surface area contributed by atoms with Crippen LogP contribution in [-0.4, -0.2) is 0 Å². The summed E-state index contributed by atoms with van der Waals surface area (Å²) >= 11 is 0. The van der Waals surface area contributed by atoms with Gasteiger partial charge in [0.1, 0.15) is 12.2 Å². The van der Waals surface area contributed by atoms with Crippen molar-refractivity contribution in [3.63, 3.8) is 0 Å². The molecule has 1 heteroatoms. The lowest BCUT2D eigenvalue weighted by Gasteiger charge is -2.13. The topological polar surface area (TPSA) is 9.23 Å². The van der Waals surface area contributed by atoms with E-state index in [1.54, 1.807) is 0 Å². The standard InChI is InChI=1S/C16H14O/c1-9-7-10(2)15-11(8-9)3-4-12-13-5-6-14(17-13)16(12)15/h3-8,13-14H,1-2H3. The monoisotopic (exact) mass is 222 g/mol. The average Bonchev–Trinajstić information content (AvgIpc) is 2.88. The smallest absolute Gasteiger partial charge is 0.103 e. The normalized spacial score (nSPS) is 24.6. The highest BCUT2D eigenvalue weighted by Crippen LogP contribution is 2.49. The number of fused-ring (bicyclic) bond motifs is 7. The highest BCUT2D eigenvalue weighted by atomic mass is 16.5. The fourth-order valence-electron chi connectivity index (χ4n) is 3.26. The van der Waals surface area contributed by atoms with Crippen LogP contribution in [0.5, 0.6) is 0 Å². The first kappa shape index (κ1) is 9.43. The van der Waals surface area contributed by atoms with Crippen molar-refractivity contribution in [3.05, 3.63) is 58.7 Å². The van der Waals surface area contributed by atoms with Crippen molar-refractivity contribution in [2.75, 3.05) is 0 Å². The summed E-state index contributed by atoms with van der Waals surface area (Å²) in [6.07, 6.45) is 4.73.